The minimum absolute atomic E-state index is 0.0250. The normalized spacial score (nSPS) is 10.1. The van der Waals surface area contributed by atoms with E-state index in [2.05, 4.69) is 15.9 Å². The Labute approximate surface area is 129 Å². The summed E-state index contributed by atoms with van der Waals surface area (Å²) in [5.41, 5.74) is 6.26. The maximum absolute atomic E-state index is 11.9. The Hall–Kier alpha value is -2.34. The van der Waals surface area contributed by atoms with Crippen LogP contribution >= 0.6 is 15.9 Å². The zero-order valence-electron chi connectivity index (χ0n) is 10.9. The molecular formula is C15H12BrNO4. The standard InChI is InChI=1S/C15H12BrNO4/c16-10-3-1-2-9(6-10)14(19)8-21-15(20)12-7-11(18)4-5-13(12)17/h1-7,18H,8,17H2. The molecule has 0 unspecified atom stereocenters. The monoisotopic (exact) mass is 349 g/mol. The number of carbonyl (C=O) groups excluding carboxylic acids is 2. The fraction of sp³-hybridized carbons (Fsp3) is 0.0667. The van der Waals surface area contributed by atoms with Crippen LogP contribution in [0.1, 0.15) is 20.7 Å². The number of phenolic OH excluding ortho intramolecular Hbond substituents is 1. The van der Waals surface area contributed by atoms with E-state index in [4.69, 9.17) is 10.5 Å². The molecule has 0 aliphatic heterocycles. The number of nitrogen functional groups attached to an aromatic ring is 1. The lowest BCUT2D eigenvalue weighted by Crippen LogP contribution is -2.15. The number of phenols is 1. The third kappa shape index (κ3) is 3.82. The van der Waals surface area contributed by atoms with Crippen LogP contribution in [0.25, 0.3) is 0 Å². The van der Waals surface area contributed by atoms with Crippen molar-refractivity contribution in [2.75, 3.05) is 12.3 Å². The molecule has 0 aromatic heterocycles. The fourth-order valence-corrected chi connectivity index (χ4v) is 2.07. The van der Waals surface area contributed by atoms with Crippen molar-refractivity contribution in [2.24, 2.45) is 0 Å². The molecule has 0 aliphatic rings. The van der Waals surface area contributed by atoms with Crippen molar-refractivity contribution in [3.8, 4) is 5.75 Å². The van der Waals surface area contributed by atoms with E-state index in [-0.39, 0.29) is 22.8 Å². The summed E-state index contributed by atoms with van der Waals surface area (Å²) < 4.78 is 5.69. The highest BCUT2D eigenvalue weighted by Gasteiger charge is 2.15. The third-order valence-electron chi connectivity index (χ3n) is 2.74. The van der Waals surface area contributed by atoms with Gasteiger partial charge in [-0.15, -0.1) is 0 Å². The predicted molar refractivity (Wildman–Crippen MR) is 81.3 cm³/mol. The van der Waals surface area contributed by atoms with E-state index >= 15 is 0 Å². The molecule has 0 amide bonds. The molecule has 0 fully saturated rings. The Morgan fingerprint density at radius 1 is 1.19 bits per heavy atom. The van der Waals surface area contributed by atoms with Crippen LogP contribution in [-0.2, 0) is 4.74 Å². The highest BCUT2D eigenvalue weighted by Crippen LogP contribution is 2.19. The molecule has 108 valence electrons. The van der Waals surface area contributed by atoms with Gasteiger partial charge >= 0.3 is 5.97 Å². The summed E-state index contributed by atoms with van der Waals surface area (Å²) in [6.07, 6.45) is 0. The van der Waals surface area contributed by atoms with Gasteiger partial charge in [0.1, 0.15) is 5.75 Å². The quantitative estimate of drug-likeness (QED) is 0.383. The molecule has 0 atom stereocenters. The molecule has 3 N–H and O–H groups in total. The van der Waals surface area contributed by atoms with E-state index in [0.29, 0.717) is 5.56 Å². The number of halogens is 1. The lowest BCUT2D eigenvalue weighted by molar-refractivity contribution is 0.0475. The van der Waals surface area contributed by atoms with Crippen LogP contribution in [0.15, 0.2) is 46.9 Å². The molecule has 0 radical (unpaired) electrons. The number of aromatic hydroxyl groups is 1. The average molecular weight is 350 g/mol. The molecule has 5 nitrogen and oxygen atoms in total. The molecule has 2 aromatic carbocycles. The minimum atomic E-state index is -0.758. The van der Waals surface area contributed by atoms with Crippen molar-refractivity contribution in [3.05, 3.63) is 58.1 Å². The number of carbonyl (C=O) groups is 2. The van der Waals surface area contributed by atoms with Gasteiger partial charge in [0, 0.05) is 15.7 Å². The summed E-state index contributed by atoms with van der Waals surface area (Å²) in [6, 6.07) is 10.7. The predicted octanol–water partition coefficient (Wildman–Crippen LogP) is 2.78. The zero-order valence-corrected chi connectivity index (χ0v) is 12.5. The molecule has 2 aromatic rings. The van der Waals surface area contributed by atoms with Gasteiger partial charge in [0.2, 0.25) is 0 Å². The van der Waals surface area contributed by atoms with Crippen molar-refractivity contribution in [2.45, 2.75) is 0 Å². The first-order chi connectivity index (χ1) is 9.97. The third-order valence-corrected chi connectivity index (χ3v) is 3.23. The molecule has 0 bridgehead atoms. The highest BCUT2D eigenvalue weighted by atomic mass is 79.9. The second-order valence-electron chi connectivity index (χ2n) is 4.28. The molecule has 0 aliphatic carbocycles. The summed E-state index contributed by atoms with van der Waals surface area (Å²) in [5, 5.41) is 9.34. The number of hydrogen-bond donors (Lipinski definition) is 2. The SMILES string of the molecule is Nc1ccc(O)cc1C(=O)OCC(=O)c1cccc(Br)c1. The van der Waals surface area contributed by atoms with Crippen LogP contribution in [0.5, 0.6) is 5.75 Å². The van der Waals surface area contributed by atoms with Crippen LogP contribution in [0.2, 0.25) is 0 Å². The molecular weight excluding hydrogens is 338 g/mol. The number of nitrogens with two attached hydrogens (primary N) is 1. The second kappa shape index (κ2) is 6.41. The van der Waals surface area contributed by atoms with Crippen LogP contribution in [0, 0.1) is 0 Å². The van der Waals surface area contributed by atoms with Crippen molar-refractivity contribution < 1.29 is 19.4 Å². The molecule has 2 rings (SSSR count). The number of rotatable bonds is 4. The Morgan fingerprint density at radius 2 is 1.95 bits per heavy atom. The molecule has 0 heterocycles. The average Bonchev–Trinajstić information content (AvgIpc) is 2.47. The van der Waals surface area contributed by atoms with E-state index in [0.717, 1.165) is 4.47 Å². The largest absolute Gasteiger partial charge is 0.508 e. The van der Waals surface area contributed by atoms with Crippen molar-refractivity contribution >= 4 is 33.4 Å². The lowest BCUT2D eigenvalue weighted by atomic mass is 10.1. The number of anilines is 1. The topological polar surface area (TPSA) is 89.6 Å². The molecule has 0 spiro atoms. The first kappa shape index (κ1) is 15.1. The van der Waals surface area contributed by atoms with Gasteiger partial charge in [-0.05, 0) is 30.3 Å². The van der Waals surface area contributed by atoms with Gasteiger partial charge in [0.25, 0.3) is 0 Å². The van der Waals surface area contributed by atoms with Gasteiger partial charge in [-0.1, -0.05) is 28.1 Å². The Bertz CT molecular complexity index is 700. The van der Waals surface area contributed by atoms with Crippen molar-refractivity contribution in [3.63, 3.8) is 0 Å². The Kier molecular flexibility index (Phi) is 4.59. The molecule has 0 saturated carbocycles. The van der Waals surface area contributed by atoms with Crippen LogP contribution in [-0.4, -0.2) is 23.5 Å². The summed E-state index contributed by atoms with van der Waals surface area (Å²) >= 11 is 3.26. The Morgan fingerprint density at radius 3 is 2.67 bits per heavy atom. The number of ether oxygens (including phenoxy) is 1. The lowest BCUT2D eigenvalue weighted by Gasteiger charge is -2.07. The van der Waals surface area contributed by atoms with Crippen LogP contribution in [0.4, 0.5) is 5.69 Å². The smallest absolute Gasteiger partial charge is 0.340 e. The van der Waals surface area contributed by atoms with Gasteiger partial charge in [-0.2, -0.15) is 0 Å². The first-order valence-electron chi connectivity index (χ1n) is 6.02. The summed E-state index contributed by atoms with van der Waals surface area (Å²) in [7, 11) is 0. The van der Waals surface area contributed by atoms with Crippen molar-refractivity contribution in [1.29, 1.82) is 0 Å². The van der Waals surface area contributed by atoms with Gasteiger partial charge in [-0.3, -0.25) is 4.79 Å². The van der Waals surface area contributed by atoms with Crippen LogP contribution in [0.3, 0.4) is 0 Å². The highest BCUT2D eigenvalue weighted by molar-refractivity contribution is 9.10. The van der Waals surface area contributed by atoms with E-state index in [9.17, 15) is 14.7 Å². The van der Waals surface area contributed by atoms with Gasteiger partial charge in [0.15, 0.2) is 12.4 Å². The van der Waals surface area contributed by atoms with E-state index in [1.54, 1.807) is 24.3 Å². The van der Waals surface area contributed by atoms with Gasteiger partial charge < -0.3 is 15.6 Å². The number of hydrogen-bond acceptors (Lipinski definition) is 5. The van der Waals surface area contributed by atoms with Gasteiger partial charge in [-0.25, -0.2) is 4.79 Å². The molecule has 0 saturated heterocycles. The minimum Gasteiger partial charge on any atom is -0.508 e. The summed E-state index contributed by atoms with van der Waals surface area (Å²) in [5.74, 6) is -1.19. The number of benzene rings is 2. The maximum atomic E-state index is 11.9. The number of ketones is 1. The number of Topliss-reactive ketones (excluding diaryl/α,β-unsaturated/α-hetero) is 1. The van der Waals surface area contributed by atoms with E-state index < -0.39 is 12.6 Å². The Balaban J connectivity index is 2.04. The maximum Gasteiger partial charge on any atom is 0.340 e. The fourth-order valence-electron chi connectivity index (χ4n) is 1.68. The van der Waals surface area contributed by atoms with E-state index in [1.807, 2.05) is 0 Å². The van der Waals surface area contributed by atoms with Crippen molar-refractivity contribution in [1.82, 2.24) is 0 Å². The van der Waals surface area contributed by atoms with Crippen LogP contribution < -0.4 is 5.73 Å². The van der Waals surface area contributed by atoms with Gasteiger partial charge in [0.05, 0.1) is 5.56 Å². The molecule has 6 heteroatoms. The van der Waals surface area contributed by atoms with E-state index in [1.165, 1.54) is 18.2 Å². The zero-order chi connectivity index (χ0) is 15.4. The molecule has 21 heavy (non-hydrogen) atoms. The first-order valence-corrected chi connectivity index (χ1v) is 6.81. The number of esters is 1. The summed E-state index contributed by atoms with van der Waals surface area (Å²) in [4.78, 5) is 23.8. The second-order valence-corrected chi connectivity index (χ2v) is 5.20. The summed E-state index contributed by atoms with van der Waals surface area (Å²) in [6.45, 7) is -0.398.